The largest absolute Gasteiger partial charge is 0.479 e. The molecule has 3 aliphatic rings. The standard InChI is InChI=1S/C33H26O5/c1-3-8-25(9-4-1)36-27-18-14-23(15-19-27)33(32-31-29(34-22-35-32)12-7-13-30(31)38-33)24-16-20-28(21-17-24)37-26-10-5-2-6-11-26/h1-21,29,31-32H,22H2. The third kappa shape index (κ3) is 3.97. The Morgan fingerprint density at radius 1 is 0.605 bits per heavy atom. The summed E-state index contributed by atoms with van der Waals surface area (Å²) < 4.78 is 31.2. The van der Waals surface area contributed by atoms with Gasteiger partial charge in [-0.1, -0.05) is 72.8 Å². The fourth-order valence-corrected chi connectivity index (χ4v) is 5.55. The van der Waals surface area contributed by atoms with Crippen molar-refractivity contribution >= 4 is 0 Å². The van der Waals surface area contributed by atoms with Crippen LogP contribution < -0.4 is 9.47 Å². The first-order chi connectivity index (χ1) is 18.8. The Kier molecular flexibility index (Phi) is 5.73. The molecule has 4 aromatic rings. The van der Waals surface area contributed by atoms with E-state index < -0.39 is 5.60 Å². The first-order valence-corrected chi connectivity index (χ1v) is 12.8. The third-order valence-electron chi connectivity index (χ3n) is 7.28. The van der Waals surface area contributed by atoms with Gasteiger partial charge >= 0.3 is 0 Å². The molecule has 0 radical (unpaired) electrons. The highest BCUT2D eigenvalue weighted by atomic mass is 16.7. The quantitative estimate of drug-likeness (QED) is 0.276. The lowest BCUT2D eigenvalue weighted by Crippen LogP contribution is -2.48. The first-order valence-electron chi connectivity index (χ1n) is 12.8. The van der Waals surface area contributed by atoms with Gasteiger partial charge in [0.15, 0.2) is 5.60 Å². The molecule has 0 amide bonds. The van der Waals surface area contributed by atoms with Gasteiger partial charge in [0.1, 0.15) is 41.7 Å². The summed E-state index contributed by atoms with van der Waals surface area (Å²) in [6.07, 6.45) is 5.75. The van der Waals surface area contributed by atoms with Crippen molar-refractivity contribution in [2.75, 3.05) is 6.79 Å². The van der Waals surface area contributed by atoms with Crippen molar-refractivity contribution in [2.24, 2.45) is 5.92 Å². The summed E-state index contributed by atoms with van der Waals surface area (Å²) in [5.74, 6) is 3.93. The van der Waals surface area contributed by atoms with Crippen LogP contribution in [0.1, 0.15) is 11.1 Å². The Morgan fingerprint density at radius 3 is 1.68 bits per heavy atom. The molecule has 0 spiro atoms. The number of rotatable bonds is 6. The van der Waals surface area contributed by atoms with Crippen LogP contribution in [0.5, 0.6) is 23.0 Å². The summed E-state index contributed by atoms with van der Waals surface area (Å²) in [7, 11) is 0. The second-order valence-corrected chi connectivity index (χ2v) is 9.53. The zero-order chi connectivity index (χ0) is 25.4. The Balaban J connectivity index is 1.27. The SMILES string of the molecule is C1=CC2OCOC3C2C(=C1)OC3(c1ccc(Oc2ccccc2)cc1)c1ccc(Oc2ccccc2)cc1. The number of benzene rings is 4. The zero-order valence-electron chi connectivity index (χ0n) is 20.6. The van der Waals surface area contributed by atoms with E-state index in [1.165, 1.54) is 0 Å². The molecule has 3 unspecified atom stereocenters. The van der Waals surface area contributed by atoms with E-state index in [9.17, 15) is 0 Å². The highest BCUT2D eigenvalue weighted by Gasteiger charge is 2.60. The summed E-state index contributed by atoms with van der Waals surface area (Å²) >= 11 is 0. The number of hydrogen-bond donors (Lipinski definition) is 0. The van der Waals surface area contributed by atoms with E-state index in [1.54, 1.807) is 0 Å². The summed E-state index contributed by atoms with van der Waals surface area (Å²) in [4.78, 5) is 0. The normalized spacial score (nSPS) is 22.6. The Bertz CT molecular complexity index is 1370. The monoisotopic (exact) mass is 502 g/mol. The highest BCUT2D eigenvalue weighted by molar-refractivity contribution is 5.48. The van der Waals surface area contributed by atoms with Crippen LogP contribution in [0, 0.1) is 5.92 Å². The van der Waals surface area contributed by atoms with Crippen molar-refractivity contribution < 1.29 is 23.7 Å². The fraction of sp³-hybridized carbons (Fsp3) is 0.152. The molecule has 2 aliphatic heterocycles. The maximum atomic E-state index is 6.88. The van der Waals surface area contributed by atoms with Gasteiger partial charge in [-0.2, -0.15) is 0 Å². The minimum Gasteiger partial charge on any atom is -0.479 e. The Hall–Kier alpha value is -4.32. The van der Waals surface area contributed by atoms with Gasteiger partial charge in [0.2, 0.25) is 0 Å². The summed E-state index contributed by atoms with van der Waals surface area (Å²) in [5.41, 5.74) is 1.10. The Labute approximate surface area is 221 Å². The molecule has 0 N–H and O–H groups in total. The molecule has 0 bridgehead atoms. The molecular formula is C33H26O5. The lowest BCUT2D eigenvalue weighted by atomic mass is 9.76. The first kappa shape index (κ1) is 22.8. The van der Waals surface area contributed by atoms with Gasteiger partial charge in [-0.3, -0.25) is 0 Å². The molecule has 2 saturated heterocycles. The van der Waals surface area contributed by atoms with Crippen LogP contribution in [-0.4, -0.2) is 19.0 Å². The second kappa shape index (κ2) is 9.53. The maximum absolute atomic E-state index is 6.88. The predicted octanol–water partition coefficient (Wildman–Crippen LogP) is 7.36. The highest BCUT2D eigenvalue weighted by Crippen LogP contribution is 2.54. The molecule has 5 nitrogen and oxygen atoms in total. The number of ether oxygens (including phenoxy) is 5. The fourth-order valence-electron chi connectivity index (χ4n) is 5.55. The van der Waals surface area contributed by atoms with Gasteiger partial charge in [-0.05, 0) is 54.6 Å². The molecule has 2 heterocycles. The van der Waals surface area contributed by atoms with Crippen molar-refractivity contribution in [1.29, 1.82) is 0 Å². The van der Waals surface area contributed by atoms with Crippen LogP contribution in [0.4, 0.5) is 0 Å². The van der Waals surface area contributed by atoms with Crippen LogP contribution in [-0.2, 0) is 19.8 Å². The maximum Gasteiger partial charge on any atom is 0.185 e. The van der Waals surface area contributed by atoms with Crippen LogP contribution in [0.2, 0.25) is 0 Å². The van der Waals surface area contributed by atoms with E-state index in [4.69, 9.17) is 23.7 Å². The molecule has 4 aromatic carbocycles. The van der Waals surface area contributed by atoms with Crippen molar-refractivity contribution in [2.45, 2.75) is 17.8 Å². The Morgan fingerprint density at radius 2 is 1.13 bits per heavy atom. The van der Waals surface area contributed by atoms with Gasteiger partial charge in [0.05, 0.1) is 12.0 Å². The van der Waals surface area contributed by atoms with Crippen molar-refractivity contribution in [3.8, 4) is 23.0 Å². The van der Waals surface area contributed by atoms with E-state index in [1.807, 2.05) is 97.1 Å². The summed E-state index contributed by atoms with van der Waals surface area (Å²) in [5, 5.41) is 0. The van der Waals surface area contributed by atoms with Gasteiger partial charge in [-0.15, -0.1) is 0 Å². The number of para-hydroxylation sites is 2. The van der Waals surface area contributed by atoms with E-state index >= 15 is 0 Å². The minimum atomic E-state index is -0.860. The molecular weight excluding hydrogens is 476 g/mol. The molecule has 1 aliphatic carbocycles. The smallest absolute Gasteiger partial charge is 0.185 e. The van der Waals surface area contributed by atoms with Gasteiger partial charge in [0, 0.05) is 11.1 Å². The zero-order valence-corrected chi connectivity index (χ0v) is 20.6. The minimum absolute atomic E-state index is 0.0331. The van der Waals surface area contributed by atoms with Crippen LogP contribution >= 0.6 is 0 Å². The van der Waals surface area contributed by atoms with Crippen LogP contribution in [0.15, 0.2) is 133 Å². The molecule has 5 heteroatoms. The topological polar surface area (TPSA) is 46.2 Å². The average Bonchev–Trinajstić information content (AvgIpc) is 3.32. The molecule has 0 saturated carbocycles. The van der Waals surface area contributed by atoms with E-state index in [2.05, 4.69) is 30.3 Å². The third-order valence-corrected chi connectivity index (χ3v) is 7.28. The van der Waals surface area contributed by atoms with Gasteiger partial charge in [-0.25, -0.2) is 0 Å². The summed E-state index contributed by atoms with van der Waals surface area (Å²) in [6, 6.07) is 35.7. The average molecular weight is 503 g/mol. The van der Waals surface area contributed by atoms with Gasteiger partial charge < -0.3 is 23.7 Å². The van der Waals surface area contributed by atoms with Crippen molar-refractivity contribution in [3.63, 3.8) is 0 Å². The number of allylic oxidation sites excluding steroid dienone is 2. The molecule has 0 aromatic heterocycles. The van der Waals surface area contributed by atoms with E-state index in [-0.39, 0.29) is 24.9 Å². The predicted molar refractivity (Wildman–Crippen MR) is 143 cm³/mol. The lowest BCUT2D eigenvalue weighted by molar-refractivity contribution is -0.200. The molecule has 2 fully saturated rings. The van der Waals surface area contributed by atoms with Crippen molar-refractivity contribution in [3.05, 3.63) is 144 Å². The molecule has 38 heavy (non-hydrogen) atoms. The van der Waals surface area contributed by atoms with Gasteiger partial charge in [0.25, 0.3) is 0 Å². The molecule has 3 atom stereocenters. The van der Waals surface area contributed by atoms with Crippen LogP contribution in [0.3, 0.4) is 0 Å². The molecule has 188 valence electrons. The van der Waals surface area contributed by atoms with Crippen LogP contribution in [0.25, 0.3) is 0 Å². The summed E-state index contributed by atoms with van der Waals surface area (Å²) in [6.45, 7) is 0.207. The van der Waals surface area contributed by atoms with E-state index in [0.29, 0.717) is 0 Å². The number of hydrogen-bond acceptors (Lipinski definition) is 5. The van der Waals surface area contributed by atoms with Crippen molar-refractivity contribution in [1.82, 2.24) is 0 Å². The second-order valence-electron chi connectivity index (χ2n) is 9.53. The van der Waals surface area contributed by atoms with E-state index in [0.717, 1.165) is 39.9 Å². The molecule has 7 rings (SSSR count). The lowest BCUT2D eigenvalue weighted by Gasteiger charge is -2.39.